The van der Waals surface area contributed by atoms with Crippen LogP contribution in [0.15, 0.2) is 60.9 Å². The Morgan fingerprint density at radius 3 is 2.80 bits per heavy atom. The largest absolute Gasteiger partial charge is 0.483 e. The molecule has 2 aromatic carbocycles. The van der Waals surface area contributed by atoms with Gasteiger partial charge in [-0.15, -0.1) is 0 Å². The van der Waals surface area contributed by atoms with Gasteiger partial charge in [0.1, 0.15) is 5.75 Å². The maximum absolute atomic E-state index is 12.0. The average Bonchev–Trinajstić information content (AvgIpc) is 3.02. The SMILES string of the molecule is Cc1cc(Cl)ccc1OCC(=O)Nc1cnn(Cc2ccccc2)c1. The monoisotopic (exact) mass is 355 g/mol. The molecule has 0 radical (unpaired) electrons. The summed E-state index contributed by atoms with van der Waals surface area (Å²) < 4.78 is 7.30. The molecule has 3 rings (SSSR count). The molecule has 0 bridgehead atoms. The molecule has 6 heteroatoms. The van der Waals surface area contributed by atoms with Crippen molar-refractivity contribution in [2.45, 2.75) is 13.5 Å². The first-order chi connectivity index (χ1) is 12.1. The zero-order valence-electron chi connectivity index (χ0n) is 13.8. The number of benzene rings is 2. The summed E-state index contributed by atoms with van der Waals surface area (Å²) in [5.41, 5.74) is 2.67. The van der Waals surface area contributed by atoms with Gasteiger partial charge in [0.05, 0.1) is 18.4 Å². The van der Waals surface area contributed by atoms with Crippen LogP contribution in [0.5, 0.6) is 5.75 Å². The van der Waals surface area contributed by atoms with E-state index in [1.54, 1.807) is 35.3 Å². The van der Waals surface area contributed by atoms with Crippen molar-refractivity contribution in [1.82, 2.24) is 9.78 Å². The molecule has 128 valence electrons. The van der Waals surface area contributed by atoms with Crippen molar-refractivity contribution >= 4 is 23.2 Å². The molecular weight excluding hydrogens is 338 g/mol. The van der Waals surface area contributed by atoms with Crippen molar-refractivity contribution in [3.8, 4) is 5.75 Å². The summed E-state index contributed by atoms with van der Waals surface area (Å²) in [6.45, 7) is 2.45. The van der Waals surface area contributed by atoms with E-state index in [0.29, 0.717) is 23.0 Å². The van der Waals surface area contributed by atoms with Gasteiger partial charge >= 0.3 is 0 Å². The molecule has 0 saturated heterocycles. The van der Waals surface area contributed by atoms with E-state index in [2.05, 4.69) is 10.4 Å². The topological polar surface area (TPSA) is 56.1 Å². The summed E-state index contributed by atoms with van der Waals surface area (Å²) >= 11 is 5.90. The zero-order chi connectivity index (χ0) is 17.6. The van der Waals surface area contributed by atoms with Crippen LogP contribution < -0.4 is 10.1 Å². The van der Waals surface area contributed by atoms with Crippen LogP contribution in [0, 0.1) is 6.92 Å². The van der Waals surface area contributed by atoms with Crippen molar-refractivity contribution < 1.29 is 9.53 Å². The van der Waals surface area contributed by atoms with Crippen LogP contribution in [-0.2, 0) is 11.3 Å². The van der Waals surface area contributed by atoms with Crippen molar-refractivity contribution in [3.63, 3.8) is 0 Å². The van der Waals surface area contributed by atoms with Crippen molar-refractivity contribution in [2.75, 3.05) is 11.9 Å². The number of carbonyl (C=O) groups excluding carboxylic acids is 1. The van der Waals surface area contributed by atoms with E-state index in [0.717, 1.165) is 11.1 Å². The quantitative estimate of drug-likeness (QED) is 0.729. The number of hydrogen-bond acceptors (Lipinski definition) is 3. The average molecular weight is 356 g/mol. The second-order valence-electron chi connectivity index (χ2n) is 5.66. The van der Waals surface area contributed by atoms with Gasteiger partial charge in [0.15, 0.2) is 6.61 Å². The van der Waals surface area contributed by atoms with Crippen LogP contribution in [0.2, 0.25) is 5.02 Å². The summed E-state index contributed by atoms with van der Waals surface area (Å²) in [4.78, 5) is 12.0. The Bertz CT molecular complexity index is 862. The number of ether oxygens (including phenoxy) is 1. The van der Waals surface area contributed by atoms with Crippen LogP contribution in [0.25, 0.3) is 0 Å². The van der Waals surface area contributed by atoms with Crippen molar-refractivity contribution in [3.05, 3.63) is 77.1 Å². The molecule has 0 saturated carbocycles. The van der Waals surface area contributed by atoms with Gasteiger partial charge in [-0.25, -0.2) is 0 Å². The number of rotatable bonds is 6. The minimum Gasteiger partial charge on any atom is -0.483 e. The number of aromatic nitrogens is 2. The summed E-state index contributed by atoms with van der Waals surface area (Å²) in [6, 6.07) is 15.3. The maximum atomic E-state index is 12.0. The molecule has 1 aromatic heterocycles. The van der Waals surface area contributed by atoms with E-state index in [1.165, 1.54) is 0 Å². The molecule has 0 fully saturated rings. The smallest absolute Gasteiger partial charge is 0.262 e. The standard InChI is InChI=1S/C19H18ClN3O2/c1-14-9-16(20)7-8-18(14)25-13-19(24)22-17-10-21-23(12-17)11-15-5-3-2-4-6-15/h2-10,12H,11,13H2,1H3,(H,22,24). The van der Waals surface area contributed by atoms with Crippen molar-refractivity contribution in [2.24, 2.45) is 0 Å². The van der Waals surface area contributed by atoms with Crippen LogP contribution in [-0.4, -0.2) is 22.3 Å². The Balaban J connectivity index is 1.53. The normalized spacial score (nSPS) is 10.5. The molecule has 5 nitrogen and oxygen atoms in total. The van der Waals surface area contributed by atoms with Crippen LogP contribution in [0.1, 0.15) is 11.1 Å². The highest BCUT2D eigenvalue weighted by Crippen LogP contribution is 2.21. The molecule has 0 aliphatic rings. The van der Waals surface area contributed by atoms with Crippen molar-refractivity contribution in [1.29, 1.82) is 0 Å². The fraction of sp³-hybridized carbons (Fsp3) is 0.158. The Labute approximate surface area is 151 Å². The molecule has 1 amide bonds. The zero-order valence-corrected chi connectivity index (χ0v) is 14.5. The third-order valence-corrected chi connectivity index (χ3v) is 3.84. The Morgan fingerprint density at radius 2 is 2.04 bits per heavy atom. The third kappa shape index (κ3) is 4.84. The Hall–Kier alpha value is -2.79. The van der Waals surface area contributed by atoms with E-state index >= 15 is 0 Å². The van der Waals surface area contributed by atoms with Gasteiger partial charge in [-0.05, 0) is 36.2 Å². The van der Waals surface area contributed by atoms with Gasteiger partial charge in [0.25, 0.3) is 5.91 Å². The molecule has 0 spiro atoms. The second kappa shape index (κ2) is 7.85. The lowest BCUT2D eigenvalue weighted by molar-refractivity contribution is -0.118. The lowest BCUT2D eigenvalue weighted by Crippen LogP contribution is -2.20. The molecule has 0 aliphatic heterocycles. The van der Waals surface area contributed by atoms with E-state index in [1.807, 2.05) is 37.3 Å². The second-order valence-corrected chi connectivity index (χ2v) is 6.10. The molecule has 1 heterocycles. The van der Waals surface area contributed by atoms with Crippen LogP contribution >= 0.6 is 11.6 Å². The predicted octanol–water partition coefficient (Wildman–Crippen LogP) is 3.91. The molecular formula is C19H18ClN3O2. The minimum atomic E-state index is -0.242. The first-order valence-corrected chi connectivity index (χ1v) is 8.23. The first kappa shape index (κ1) is 17.0. The van der Waals surface area contributed by atoms with E-state index in [-0.39, 0.29) is 12.5 Å². The van der Waals surface area contributed by atoms with Gasteiger partial charge in [-0.3, -0.25) is 9.48 Å². The minimum absolute atomic E-state index is 0.0770. The van der Waals surface area contributed by atoms with E-state index in [9.17, 15) is 4.79 Å². The third-order valence-electron chi connectivity index (χ3n) is 3.60. The Kier molecular flexibility index (Phi) is 5.36. The lowest BCUT2D eigenvalue weighted by atomic mass is 10.2. The van der Waals surface area contributed by atoms with Gasteiger partial charge in [-0.2, -0.15) is 5.10 Å². The number of aryl methyl sites for hydroxylation is 1. The number of nitrogens with one attached hydrogen (secondary N) is 1. The number of amides is 1. The highest BCUT2D eigenvalue weighted by molar-refractivity contribution is 6.30. The number of anilines is 1. The van der Waals surface area contributed by atoms with Crippen LogP contribution in [0.4, 0.5) is 5.69 Å². The van der Waals surface area contributed by atoms with E-state index in [4.69, 9.17) is 16.3 Å². The summed E-state index contributed by atoms with van der Waals surface area (Å²) in [5.74, 6) is 0.396. The summed E-state index contributed by atoms with van der Waals surface area (Å²) in [6.07, 6.45) is 3.41. The van der Waals surface area contributed by atoms with Gasteiger partial charge in [0.2, 0.25) is 0 Å². The molecule has 25 heavy (non-hydrogen) atoms. The molecule has 1 N–H and O–H groups in total. The van der Waals surface area contributed by atoms with Gasteiger partial charge < -0.3 is 10.1 Å². The Morgan fingerprint density at radius 1 is 1.24 bits per heavy atom. The molecule has 0 aliphatic carbocycles. The number of halogens is 1. The number of carbonyl (C=O) groups is 1. The lowest BCUT2D eigenvalue weighted by Gasteiger charge is -2.09. The van der Waals surface area contributed by atoms with Gasteiger partial charge in [0, 0.05) is 11.2 Å². The van der Waals surface area contributed by atoms with Gasteiger partial charge in [-0.1, -0.05) is 41.9 Å². The number of hydrogen-bond donors (Lipinski definition) is 1. The predicted molar refractivity (Wildman–Crippen MR) is 98.1 cm³/mol. The first-order valence-electron chi connectivity index (χ1n) is 7.85. The summed E-state index contributed by atoms with van der Waals surface area (Å²) in [5, 5.41) is 7.67. The van der Waals surface area contributed by atoms with E-state index < -0.39 is 0 Å². The summed E-state index contributed by atoms with van der Waals surface area (Å²) in [7, 11) is 0. The van der Waals surface area contributed by atoms with Crippen LogP contribution in [0.3, 0.4) is 0 Å². The highest BCUT2D eigenvalue weighted by Gasteiger charge is 2.07. The molecule has 3 aromatic rings. The highest BCUT2D eigenvalue weighted by atomic mass is 35.5. The fourth-order valence-electron chi connectivity index (χ4n) is 2.40. The maximum Gasteiger partial charge on any atom is 0.262 e. The molecule has 0 atom stereocenters. The molecule has 0 unspecified atom stereocenters. The fourth-order valence-corrected chi connectivity index (χ4v) is 2.63. The number of nitrogens with zero attached hydrogens (tertiary/aromatic N) is 2.